The van der Waals surface area contributed by atoms with Crippen LogP contribution in [-0.4, -0.2) is 39.0 Å². The fourth-order valence-electron chi connectivity index (χ4n) is 4.29. The van der Waals surface area contributed by atoms with Gasteiger partial charge in [0, 0.05) is 31.0 Å². The van der Waals surface area contributed by atoms with Gasteiger partial charge in [0.15, 0.2) is 0 Å². The Kier molecular flexibility index (Phi) is 6.24. The molecule has 2 heterocycles. The Labute approximate surface area is 189 Å². The largest absolute Gasteiger partial charge is 0.492 e. The van der Waals surface area contributed by atoms with Crippen molar-refractivity contribution in [1.29, 1.82) is 0 Å². The Hall–Kier alpha value is -2.53. The molecule has 1 amide bonds. The van der Waals surface area contributed by atoms with Crippen molar-refractivity contribution in [3.05, 3.63) is 59.4 Å². The molecule has 0 radical (unpaired) electrons. The van der Waals surface area contributed by atoms with Gasteiger partial charge in [0.2, 0.25) is 5.91 Å². The van der Waals surface area contributed by atoms with Crippen molar-refractivity contribution in [2.45, 2.75) is 58.0 Å². The molecule has 0 aliphatic carbocycles. The number of rotatable bonds is 7. The maximum Gasteiger partial charge on any atom is 0.223 e. The number of imidazole rings is 1. The molecule has 5 nitrogen and oxygen atoms in total. The molecule has 1 aliphatic rings. The lowest BCUT2D eigenvalue weighted by atomic mass is 10.1. The van der Waals surface area contributed by atoms with Crippen LogP contribution in [0.4, 0.5) is 0 Å². The molecule has 1 aromatic heterocycles. The number of hydrogen-bond donors (Lipinski definition) is 0. The molecule has 0 spiro atoms. The Morgan fingerprint density at radius 3 is 2.58 bits per heavy atom. The lowest BCUT2D eigenvalue weighted by Gasteiger charge is -2.32. The fourth-order valence-corrected chi connectivity index (χ4v) is 4.48. The highest BCUT2D eigenvalue weighted by Gasteiger charge is 2.38. The summed E-state index contributed by atoms with van der Waals surface area (Å²) < 4.78 is 8.13. The summed E-state index contributed by atoms with van der Waals surface area (Å²) in [5.74, 6) is 2.08. The van der Waals surface area contributed by atoms with Gasteiger partial charge in [-0.1, -0.05) is 35.9 Å². The predicted molar refractivity (Wildman–Crippen MR) is 125 cm³/mol. The number of para-hydroxylation sites is 3. The van der Waals surface area contributed by atoms with E-state index in [0.717, 1.165) is 48.5 Å². The number of carbonyl (C=O) groups is 1. The van der Waals surface area contributed by atoms with Crippen molar-refractivity contribution in [2.24, 2.45) is 0 Å². The maximum absolute atomic E-state index is 12.7. The molecule has 1 fully saturated rings. The summed E-state index contributed by atoms with van der Waals surface area (Å²) in [5, 5.41) is 0.639. The van der Waals surface area contributed by atoms with Crippen molar-refractivity contribution in [3.8, 4) is 5.75 Å². The summed E-state index contributed by atoms with van der Waals surface area (Å²) in [7, 11) is 0. The molecule has 0 unspecified atom stereocenters. The average Bonchev–Trinajstić information content (AvgIpc) is 3.29. The van der Waals surface area contributed by atoms with Crippen LogP contribution in [0.3, 0.4) is 0 Å². The molecular formula is C25H30ClN3O2. The number of unbranched alkanes of at least 4 members (excludes halogenated alkanes) is 1. The first-order valence-corrected chi connectivity index (χ1v) is 11.4. The second-order valence-corrected chi connectivity index (χ2v) is 9.58. The molecular weight excluding hydrogens is 410 g/mol. The number of halogens is 1. The topological polar surface area (TPSA) is 47.4 Å². The van der Waals surface area contributed by atoms with Crippen molar-refractivity contribution >= 4 is 28.5 Å². The first-order chi connectivity index (χ1) is 14.8. The van der Waals surface area contributed by atoms with Gasteiger partial charge in [-0.15, -0.1) is 0 Å². The monoisotopic (exact) mass is 439 g/mol. The standard InChI is InChI=1S/C25H30ClN3O2/c1-25(2,3)29-17-18(16-23(29)30)24-27-20-11-5-6-12-21(20)28(24)14-8-9-15-31-22-13-7-4-10-19(22)26/h4-7,10-13,18H,8-9,14-17H2,1-3H3/t18-/m1/s1. The maximum atomic E-state index is 12.7. The number of benzene rings is 2. The molecule has 1 saturated heterocycles. The van der Waals surface area contributed by atoms with Crippen LogP contribution < -0.4 is 4.74 Å². The minimum atomic E-state index is -0.168. The normalized spacial score (nSPS) is 17.0. The fraction of sp³-hybridized carbons (Fsp3) is 0.440. The van der Waals surface area contributed by atoms with Crippen molar-refractivity contribution in [1.82, 2.24) is 14.5 Å². The van der Waals surface area contributed by atoms with Gasteiger partial charge in [-0.25, -0.2) is 4.98 Å². The summed E-state index contributed by atoms with van der Waals surface area (Å²) in [6.45, 7) is 8.47. The SMILES string of the molecule is CC(C)(C)N1C[C@H](c2nc3ccccc3n2CCCCOc2ccccc2Cl)CC1=O. The number of fused-ring (bicyclic) bond motifs is 1. The van der Waals surface area contributed by atoms with E-state index in [2.05, 4.69) is 31.4 Å². The average molecular weight is 440 g/mol. The van der Waals surface area contributed by atoms with Crippen LogP contribution >= 0.6 is 11.6 Å². The van der Waals surface area contributed by atoms with Crippen LogP contribution in [0.25, 0.3) is 11.0 Å². The smallest absolute Gasteiger partial charge is 0.223 e. The number of ether oxygens (including phenoxy) is 1. The molecule has 0 N–H and O–H groups in total. The number of carbonyl (C=O) groups excluding carboxylic acids is 1. The summed E-state index contributed by atoms with van der Waals surface area (Å²) in [6, 6.07) is 15.8. The quantitative estimate of drug-likeness (QED) is 0.446. The highest BCUT2D eigenvalue weighted by molar-refractivity contribution is 6.32. The summed E-state index contributed by atoms with van der Waals surface area (Å²) in [4.78, 5) is 19.6. The van der Waals surface area contributed by atoms with Gasteiger partial charge in [0.1, 0.15) is 11.6 Å². The zero-order chi connectivity index (χ0) is 22.0. The van der Waals surface area contributed by atoms with E-state index in [1.165, 1.54) is 0 Å². The van der Waals surface area contributed by atoms with Gasteiger partial charge in [0.05, 0.1) is 22.7 Å². The zero-order valence-electron chi connectivity index (χ0n) is 18.5. The van der Waals surface area contributed by atoms with E-state index in [0.29, 0.717) is 18.1 Å². The summed E-state index contributed by atoms with van der Waals surface area (Å²) >= 11 is 6.16. The predicted octanol–water partition coefficient (Wildman–Crippen LogP) is 5.66. The van der Waals surface area contributed by atoms with Crippen molar-refractivity contribution in [2.75, 3.05) is 13.2 Å². The van der Waals surface area contributed by atoms with Crippen LogP contribution in [0.5, 0.6) is 5.75 Å². The highest BCUT2D eigenvalue weighted by atomic mass is 35.5. The molecule has 0 saturated carbocycles. The number of nitrogens with zero attached hydrogens (tertiary/aromatic N) is 3. The van der Waals surface area contributed by atoms with Crippen LogP contribution in [0.15, 0.2) is 48.5 Å². The second-order valence-electron chi connectivity index (χ2n) is 9.17. The van der Waals surface area contributed by atoms with E-state index in [9.17, 15) is 4.79 Å². The van der Waals surface area contributed by atoms with E-state index in [-0.39, 0.29) is 17.4 Å². The first-order valence-electron chi connectivity index (χ1n) is 11.0. The van der Waals surface area contributed by atoms with E-state index in [4.69, 9.17) is 21.3 Å². The first kappa shape index (κ1) is 21.7. The van der Waals surface area contributed by atoms with Gasteiger partial charge in [-0.05, 0) is 57.9 Å². The third kappa shape index (κ3) is 4.72. The lowest BCUT2D eigenvalue weighted by Crippen LogP contribution is -2.42. The molecule has 1 aliphatic heterocycles. The third-order valence-electron chi connectivity index (χ3n) is 5.85. The van der Waals surface area contributed by atoms with Crippen LogP contribution in [-0.2, 0) is 11.3 Å². The van der Waals surface area contributed by atoms with Gasteiger partial charge in [0.25, 0.3) is 0 Å². The number of likely N-dealkylation sites (tertiary alicyclic amines) is 1. The van der Waals surface area contributed by atoms with E-state index < -0.39 is 0 Å². The molecule has 164 valence electrons. The van der Waals surface area contributed by atoms with E-state index in [1.807, 2.05) is 47.4 Å². The molecule has 2 aromatic carbocycles. The molecule has 1 atom stereocenters. The Morgan fingerprint density at radius 1 is 1.10 bits per heavy atom. The van der Waals surface area contributed by atoms with Crippen LogP contribution in [0, 0.1) is 0 Å². The number of amides is 1. The third-order valence-corrected chi connectivity index (χ3v) is 6.17. The van der Waals surface area contributed by atoms with Gasteiger partial charge >= 0.3 is 0 Å². The molecule has 6 heteroatoms. The molecule has 31 heavy (non-hydrogen) atoms. The summed E-state index contributed by atoms with van der Waals surface area (Å²) in [6.07, 6.45) is 2.40. The molecule has 3 aromatic rings. The Bertz CT molecular complexity index is 1070. The zero-order valence-corrected chi connectivity index (χ0v) is 19.2. The lowest BCUT2D eigenvalue weighted by molar-refractivity contribution is -0.131. The van der Waals surface area contributed by atoms with Gasteiger partial charge < -0.3 is 14.2 Å². The van der Waals surface area contributed by atoms with Gasteiger partial charge in [-0.3, -0.25) is 4.79 Å². The van der Waals surface area contributed by atoms with Crippen molar-refractivity contribution < 1.29 is 9.53 Å². The molecule has 0 bridgehead atoms. The Balaban J connectivity index is 1.46. The van der Waals surface area contributed by atoms with E-state index in [1.54, 1.807) is 0 Å². The summed E-state index contributed by atoms with van der Waals surface area (Å²) in [5.41, 5.74) is 1.95. The number of hydrogen-bond acceptors (Lipinski definition) is 3. The van der Waals surface area contributed by atoms with E-state index >= 15 is 0 Å². The number of aromatic nitrogens is 2. The van der Waals surface area contributed by atoms with Crippen molar-refractivity contribution in [3.63, 3.8) is 0 Å². The minimum absolute atomic E-state index is 0.124. The van der Waals surface area contributed by atoms with Crippen LogP contribution in [0.2, 0.25) is 5.02 Å². The number of aryl methyl sites for hydroxylation is 1. The second kappa shape index (κ2) is 8.91. The minimum Gasteiger partial charge on any atom is -0.492 e. The highest BCUT2D eigenvalue weighted by Crippen LogP contribution is 2.34. The molecule has 4 rings (SSSR count). The van der Waals surface area contributed by atoms with Gasteiger partial charge in [-0.2, -0.15) is 0 Å². The van der Waals surface area contributed by atoms with Crippen LogP contribution in [0.1, 0.15) is 51.8 Å². The Morgan fingerprint density at radius 2 is 1.84 bits per heavy atom.